The van der Waals surface area contributed by atoms with Crippen LogP contribution in [0.3, 0.4) is 0 Å². The van der Waals surface area contributed by atoms with Gasteiger partial charge in [-0.3, -0.25) is 15.0 Å². The molecule has 7 aromatic carbocycles. The zero-order valence-corrected chi connectivity index (χ0v) is 36.5. The van der Waals surface area contributed by atoms with Gasteiger partial charge in [-0.2, -0.15) is 5.26 Å². The molecule has 0 saturated carbocycles. The van der Waals surface area contributed by atoms with Crippen LogP contribution in [0.25, 0.3) is 98.7 Å². The molecule has 0 N–H and O–H groups in total. The SMILES string of the molecule is [C-]#[N+]c1ccc2c(c1)c1ccccc1n2-c1cccc2c1C1(c3ccc(-n4c5ccccc5c5ccncc54)cc3O2)c2cccnc2-c2ncc(-n3c4ccccc4c4cc(C#N)ccc43)cc21. The molecule has 69 heavy (non-hydrogen) atoms. The second-order valence-corrected chi connectivity index (χ2v) is 17.8. The summed E-state index contributed by atoms with van der Waals surface area (Å²) in [5.41, 5.74) is 14.4. The number of ether oxygens (including phenoxy) is 1. The zero-order valence-electron chi connectivity index (χ0n) is 36.5. The Morgan fingerprint density at radius 2 is 1.17 bits per heavy atom. The van der Waals surface area contributed by atoms with Crippen LogP contribution in [0.5, 0.6) is 11.5 Å². The number of nitrogens with zero attached hydrogens (tertiary/aromatic N) is 8. The number of hydrogen-bond acceptors (Lipinski definition) is 5. The first-order chi connectivity index (χ1) is 34.1. The smallest absolute Gasteiger partial charge is 0.188 e. The van der Waals surface area contributed by atoms with Crippen molar-refractivity contribution >= 4 is 71.1 Å². The molecule has 0 fully saturated rings. The van der Waals surface area contributed by atoms with Crippen LogP contribution in [0.2, 0.25) is 0 Å². The molecule has 0 radical (unpaired) electrons. The molecule has 2 aliphatic rings. The maximum Gasteiger partial charge on any atom is 0.188 e. The van der Waals surface area contributed by atoms with Crippen molar-refractivity contribution in [3.63, 3.8) is 0 Å². The van der Waals surface area contributed by atoms with Gasteiger partial charge in [0.2, 0.25) is 0 Å². The Labute approximate surface area is 393 Å². The fourth-order valence-corrected chi connectivity index (χ4v) is 11.8. The van der Waals surface area contributed by atoms with Gasteiger partial charge in [0.15, 0.2) is 5.69 Å². The number of fused-ring (bicyclic) bond motifs is 18. The lowest BCUT2D eigenvalue weighted by molar-refractivity contribution is 0.435. The maximum absolute atomic E-state index is 9.98. The molecule has 1 atom stereocenters. The molecule has 1 aliphatic heterocycles. The van der Waals surface area contributed by atoms with E-state index in [1.807, 2.05) is 67.3 Å². The van der Waals surface area contributed by atoms with Gasteiger partial charge >= 0.3 is 0 Å². The van der Waals surface area contributed by atoms with Crippen molar-refractivity contribution in [2.24, 2.45) is 0 Å². The van der Waals surface area contributed by atoms with Crippen LogP contribution in [0, 0.1) is 17.9 Å². The zero-order chi connectivity index (χ0) is 45.5. The molecule has 1 aliphatic carbocycles. The predicted octanol–water partition coefficient (Wildman–Crippen LogP) is 14.1. The highest BCUT2D eigenvalue weighted by molar-refractivity contribution is 6.12. The van der Waals surface area contributed by atoms with Crippen LogP contribution in [-0.4, -0.2) is 28.7 Å². The van der Waals surface area contributed by atoms with Gasteiger partial charge in [-0.25, -0.2) is 4.85 Å². The summed E-state index contributed by atoms with van der Waals surface area (Å²) in [4.78, 5) is 19.0. The average Bonchev–Trinajstić information content (AvgIpc) is 4.12. The Balaban J connectivity index is 1.08. The predicted molar refractivity (Wildman–Crippen MR) is 271 cm³/mol. The molecular formula is C60H32N8O. The fraction of sp³-hybridized carbons (Fsp3) is 0.0167. The summed E-state index contributed by atoms with van der Waals surface area (Å²) in [6.07, 6.45) is 7.59. The largest absolute Gasteiger partial charge is 0.457 e. The molecule has 6 aromatic heterocycles. The highest BCUT2D eigenvalue weighted by atomic mass is 16.5. The lowest BCUT2D eigenvalue weighted by atomic mass is 9.65. The second kappa shape index (κ2) is 13.6. The Morgan fingerprint density at radius 3 is 1.97 bits per heavy atom. The number of aromatic nitrogens is 6. The summed E-state index contributed by atoms with van der Waals surface area (Å²) < 4.78 is 14.2. The van der Waals surface area contributed by atoms with Crippen molar-refractivity contribution in [3.8, 4) is 46.0 Å². The van der Waals surface area contributed by atoms with E-state index in [1.165, 1.54) is 0 Å². The summed E-state index contributed by atoms with van der Waals surface area (Å²) in [6, 6.07) is 61.0. The van der Waals surface area contributed by atoms with Crippen molar-refractivity contribution in [1.82, 2.24) is 28.7 Å². The monoisotopic (exact) mass is 880 g/mol. The second-order valence-electron chi connectivity index (χ2n) is 17.8. The minimum Gasteiger partial charge on any atom is -0.457 e. The van der Waals surface area contributed by atoms with Crippen molar-refractivity contribution in [1.29, 1.82) is 5.26 Å². The summed E-state index contributed by atoms with van der Waals surface area (Å²) in [5.74, 6) is 1.42. The van der Waals surface area contributed by atoms with Crippen LogP contribution in [0.4, 0.5) is 5.69 Å². The Kier molecular flexibility index (Phi) is 7.38. The first-order valence-electron chi connectivity index (χ1n) is 22.7. The van der Waals surface area contributed by atoms with E-state index in [0.29, 0.717) is 22.7 Å². The average molecular weight is 881 g/mol. The molecule has 318 valence electrons. The highest BCUT2D eigenvalue weighted by Crippen LogP contribution is 2.63. The molecule has 9 nitrogen and oxygen atoms in total. The standard InChI is InChI=1S/C60H32N8O/c1-62-36-20-24-52-44(29-36)41-12-4-7-16-50(41)68(52)53-17-8-18-55-57(53)60(45-22-21-37(31-56(45)69-55)66-48-14-5-2-10-39(48)42-25-27-63-34-54(42)66)46-13-9-26-64-58(46)59-47(60)30-38(33-65-59)67-49-15-6-3-11-40(49)43-28-35(32-61)19-23-51(43)67/h2-31,33-34H. The lowest BCUT2D eigenvalue weighted by Gasteiger charge is -2.40. The molecule has 0 saturated heterocycles. The van der Waals surface area contributed by atoms with E-state index in [1.54, 1.807) is 0 Å². The molecule has 7 heterocycles. The highest BCUT2D eigenvalue weighted by Gasteiger charge is 2.54. The first-order valence-corrected chi connectivity index (χ1v) is 22.7. The topological polar surface area (TPSA) is 90.8 Å². The number of pyridine rings is 3. The van der Waals surface area contributed by atoms with E-state index < -0.39 is 5.41 Å². The quantitative estimate of drug-likeness (QED) is 0.165. The third-order valence-corrected chi connectivity index (χ3v) is 14.5. The van der Waals surface area contributed by atoms with Crippen molar-refractivity contribution in [2.45, 2.75) is 5.41 Å². The van der Waals surface area contributed by atoms with E-state index in [0.717, 1.165) is 116 Å². The fourth-order valence-electron chi connectivity index (χ4n) is 11.8. The van der Waals surface area contributed by atoms with Crippen molar-refractivity contribution < 1.29 is 4.74 Å². The van der Waals surface area contributed by atoms with Crippen LogP contribution in [-0.2, 0) is 5.41 Å². The van der Waals surface area contributed by atoms with Gasteiger partial charge in [0.05, 0.1) is 91.9 Å². The van der Waals surface area contributed by atoms with Gasteiger partial charge in [0.25, 0.3) is 0 Å². The van der Waals surface area contributed by atoms with E-state index in [4.69, 9.17) is 21.3 Å². The van der Waals surface area contributed by atoms with Crippen LogP contribution in [0.1, 0.15) is 27.8 Å². The molecular weight excluding hydrogens is 849 g/mol. The van der Waals surface area contributed by atoms with Gasteiger partial charge in [-0.1, -0.05) is 78.9 Å². The number of rotatable bonds is 3. The summed E-state index contributed by atoms with van der Waals surface area (Å²) >= 11 is 0. The number of benzene rings is 7. The van der Waals surface area contributed by atoms with Crippen LogP contribution in [0.15, 0.2) is 195 Å². The number of nitriles is 1. The summed E-state index contributed by atoms with van der Waals surface area (Å²) in [7, 11) is 0. The molecule has 1 unspecified atom stereocenters. The van der Waals surface area contributed by atoms with Gasteiger partial charge in [0, 0.05) is 67.8 Å². The minimum atomic E-state index is -1.01. The Morgan fingerprint density at radius 1 is 0.493 bits per heavy atom. The molecule has 9 heteroatoms. The normalized spacial score (nSPS) is 14.5. The number of para-hydroxylation sites is 3. The summed E-state index contributed by atoms with van der Waals surface area (Å²) in [6.45, 7) is 7.93. The lowest BCUT2D eigenvalue weighted by Crippen LogP contribution is -2.34. The summed E-state index contributed by atoms with van der Waals surface area (Å²) in [5, 5.41) is 16.3. The molecule has 15 rings (SSSR count). The molecule has 0 bridgehead atoms. The van der Waals surface area contributed by atoms with E-state index in [-0.39, 0.29) is 0 Å². The van der Waals surface area contributed by atoms with Crippen LogP contribution < -0.4 is 4.74 Å². The third-order valence-electron chi connectivity index (χ3n) is 14.5. The Bertz CT molecular complexity index is 4470. The van der Waals surface area contributed by atoms with Gasteiger partial charge in [-0.15, -0.1) is 0 Å². The molecule has 0 amide bonds. The van der Waals surface area contributed by atoms with Gasteiger partial charge in [0.1, 0.15) is 11.5 Å². The van der Waals surface area contributed by atoms with E-state index >= 15 is 0 Å². The first kappa shape index (κ1) is 37.4. The van der Waals surface area contributed by atoms with Gasteiger partial charge in [-0.05, 0) is 95.9 Å². The molecule has 13 aromatic rings. The van der Waals surface area contributed by atoms with Crippen molar-refractivity contribution in [2.75, 3.05) is 0 Å². The van der Waals surface area contributed by atoms with Gasteiger partial charge < -0.3 is 18.4 Å². The van der Waals surface area contributed by atoms with E-state index in [2.05, 4.69) is 157 Å². The maximum atomic E-state index is 9.98. The Hall–Kier alpha value is -9.83. The minimum absolute atomic E-state index is 0.585. The van der Waals surface area contributed by atoms with Crippen LogP contribution >= 0.6 is 0 Å². The van der Waals surface area contributed by atoms with E-state index in [9.17, 15) is 5.26 Å². The number of hydrogen-bond donors (Lipinski definition) is 0. The van der Waals surface area contributed by atoms with Crippen molar-refractivity contribution in [3.05, 3.63) is 234 Å². The third kappa shape index (κ3) is 4.82. The molecule has 1 spiro atoms.